The van der Waals surface area contributed by atoms with Crippen LogP contribution in [0.25, 0.3) is 0 Å². The molecule has 3 heteroatoms. The smallest absolute Gasteiger partial charge is 0.0278 e. The van der Waals surface area contributed by atoms with E-state index in [1.807, 2.05) is 11.8 Å². The van der Waals surface area contributed by atoms with E-state index >= 15 is 0 Å². The average molecular weight is 307 g/mol. The molecule has 1 aliphatic heterocycles. The molecule has 0 saturated carbocycles. The summed E-state index contributed by atoms with van der Waals surface area (Å²) in [4.78, 5) is 4.06. The molecule has 1 saturated heterocycles. The fourth-order valence-electron chi connectivity index (χ4n) is 2.89. The van der Waals surface area contributed by atoms with Gasteiger partial charge in [0, 0.05) is 41.9 Å². The Morgan fingerprint density at radius 1 is 1.33 bits per heavy atom. The van der Waals surface area contributed by atoms with Gasteiger partial charge < -0.3 is 5.32 Å². The molecule has 1 heterocycles. The molecule has 0 aromatic heterocycles. The Bertz CT molecular complexity index is 418. The van der Waals surface area contributed by atoms with Crippen molar-refractivity contribution in [2.75, 3.05) is 25.4 Å². The molecule has 2 nitrogen and oxygen atoms in total. The average Bonchev–Trinajstić information content (AvgIpc) is 2.49. The number of benzene rings is 1. The first-order valence-electron chi connectivity index (χ1n) is 8.19. The van der Waals surface area contributed by atoms with Crippen molar-refractivity contribution in [2.24, 2.45) is 5.92 Å². The highest BCUT2D eigenvalue weighted by molar-refractivity contribution is 7.99. The fraction of sp³-hybridized carbons (Fsp3) is 0.667. The van der Waals surface area contributed by atoms with Gasteiger partial charge in [-0.2, -0.15) is 0 Å². The maximum Gasteiger partial charge on any atom is 0.0278 e. The summed E-state index contributed by atoms with van der Waals surface area (Å²) in [6.45, 7) is 12.8. The van der Waals surface area contributed by atoms with E-state index in [4.69, 9.17) is 0 Å². The minimum Gasteiger partial charge on any atom is -0.311 e. The molecule has 2 unspecified atom stereocenters. The lowest BCUT2D eigenvalue weighted by molar-refractivity contribution is 0.0581. The van der Waals surface area contributed by atoms with E-state index in [0.717, 1.165) is 12.5 Å². The molecule has 118 valence electrons. The Morgan fingerprint density at radius 3 is 2.71 bits per heavy atom. The predicted octanol–water partition coefficient (Wildman–Crippen LogP) is 3.88. The lowest BCUT2D eigenvalue weighted by atomic mass is 9.91. The monoisotopic (exact) mass is 306 g/mol. The van der Waals surface area contributed by atoms with Gasteiger partial charge in [-0.15, -0.1) is 11.8 Å². The standard InChI is InChI=1S/C18H30N2S/c1-5-15(2)17-13-20(18(3,4)14-19-17)11-12-21-16-9-7-6-8-10-16/h6-10,15,17,19H,5,11-14H2,1-4H3. The maximum absolute atomic E-state index is 3.75. The molecule has 2 atom stereocenters. The van der Waals surface area contributed by atoms with Crippen LogP contribution < -0.4 is 5.32 Å². The summed E-state index contributed by atoms with van der Waals surface area (Å²) in [5, 5.41) is 3.75. The van der Waals surface area contributed by atoms with Crippen molar-refractivity contribution >= 4 is 11.8 Å². The largest absolute Gasteiger partial charge is 0.311 e. The third kappa shape index (κ3) is 4.73. The third-order valence-corrected chi connectivity index (χ3v) is 5.77. The molecule has 1 aromatic rings. The van der Waals surface area contributed by atoms with Crippen molar-refractivity contribution < 1.29 is 0 Å². The van der Waals surface area contributed by atoms with Gasteiger partial charge in [0.2, 0.25) is 0 Å². The van der Waals surface area contributed by atoms with Crippen molar-refractivity contribution in [2.45, 2.75) is 50.6 Å². The zero-order valence-corrected chi connectivity index (χ0v) is 14.7. The highest BCUT2D eigenvalue weighted by Crippen LogP contribution is 2.24. The third-order valence-electron chi connectivity index (χ3n) is 4.77. The van der Waals surface area contributed by atoms with Crippen LogP contribution in [-0.4, -0.2) is 41.9 Å². The second-order valence-electron chi connectivity index (χ2n) is 6.79. The molecule has 0 spiro atoms. The van der Waals surface area contributed by atoms with Gasteiger partial charge in [-0.1, -0.05) is 38.5 Å². The number of rotatable bonds is 6. The molecule has 1 aromatic carbocycles. The first kappa shape index (κ1) is 16.9. The molecule has 2 rings (SSSR count). The van der Waals surface area contributed by atoms with E-state index in [1.54, 1.807) is 0 Å². The van der Waals surface area contributed by atoms with Gasteiger partial charge in [0.25, 0.3) is 0 Å². The van der Waals surface area contributed by atoms with Crippen LogP contribution >= 0.6 is 11.8 Å². The van der Waals surface area contributed by atoms with E-state index in [9.17, 15) is 0 Å². The molecule has 1 N–H and O–H groups in total. The van der Waals surface area contributed by atoms with Crippen molar-refractivity contribution in [1.82, 2.24) is 10.2 Å². The summed E-state index contributed by atoms with van der Waals surface area (Å²) in [6, 6.07) is 11.4. The normalized spacial score (nSPS) is 23.9. The van der Waals surface area contributed by atoms with E-state index in [-0.39, 0.29) is 5.54 Å². The van der Waals surface area contributed by atoms with Crippen molar-refractivity contribution in [3.05, 3.63) is 30.3 Å². The minimum absolute atomic E-state index is 0.265. The molecule has 0 bridgehead atoms. The molecule has 0 radical (unpaired) electrons. The van der Waals surface area contributed by atoms with Gasteiger partial charge >= 0.3 is 0 Å². The van der Waals surface area contributed by atoms with Crippen LogP contribution in [0.3, 0.4) is 0 Å². The molecular weight excluding hydrogens is 276 g/mol. The van der Waals surface area contributed by atoms with Crippen LogP contribution in [0.1, 0.15) is 34.1 Å². The summed E-state index contributed by atoms with van der Waals surface area (Å²) >= 11 is 1.97. The summed E-state index contributed by atoms with van der Waals surface area (Å²) in [6.07, 6.45) is 1.25. The first-order valence-corrected chi connectivity index (χ1v) is 9.18. The molecule has 0 amide bonds. The minimum atomic E-state index is 0.265. The molecular formula is C18H30N2S. The van der Waals surface area contributed by atoms with Gasteiger partial charge in [0.1, 0.15) is 0 Å². The number of hydrogen-bond acceptors (Lipinski definition) is 3. The van der Waals surface area contributed by atoms with Crippen molar-refractivity contribution in [1.29, 1.82) is 0 Å². The van der Waals surface area contributed by atoms with E-state index in [2.05, 4.69) is 68.2 Å². The lowest BCUT2D eigenvalue weighted by Crippen LogP contribution is -2.63. The second kappa shape index (κ2) is 7.66. The number of nitrogens with one attached hydrogen (secondary N) is 1. The van der Waals surface area contributed by atoms with Crippen LogP contribution in [-0.2, 0) is 0 Å². The van der Waals surface area contributed by atoms with Crippen molar-refractivity contribution in [3.8, 4) is 0 Å². The molecule has 1 aliphatic rings. The summed E-state index contributed by atoms with van der Waals surface area (Å²) in [7, 11) is 0. The molecule has 21 heavy (non-hydrogen) atoms. The van der Waals surface area contributed by atoms with Crippen LogP contribution in [0.4, 0.5) is 0 Å². The Balaban J connectivity index is 1.86. The topological polar surface area (TPSA) is 15.3 Å². The highest BCUT2D eigenvalue weighted by atomic mass is 32.2. The summed E-state index contributed by atoms with van der Waals surface area (Å²) < 4.78 is 0. The maximum atomic E-state index is 3.75. The number of nitrogens with zero attached hydrogens (tertiary/aromatic N) is 1. The van der Waals surface area contributed by atoms with Gasteiger partial charge in [0.15, 0.2) is 0 Å². The quantitative estimate of drug-likeness (QED) is 0.803. The highest BCUT2D eigenvalue weighted by Gasteiger charge is 2.34. The van der Waals surface area contributed by atoms with Crippen LogP contribution in [0.15, 0.2) is 35.2 Å². The molecule has 1 fully saturated rings. The van der Waals surface area contributed by atoms with Crippen LogP contribution in [0.2, 0.25) is 0 Å². The van der Waals surface area contributed by atoms with Gasteiger partial charge in [0.05, 0.1) is 0 Å². The van der Waals surface area contributed by atoms with E-state index in [0.29, 0.717) is 6.04 Å². The lowest BCUT2D eigenvalue weighted by Gasteiger charge is -2.47. The summed E-state index contributed by atoms with van der Waals surface area (Å²) in [5.74, 6) is 1.92. The molecule has 0 aliphatic carbocycles. The predicted molar refractivity (Wildman–Crippen MR) is 94.1 cm³/mol. The van der Waals surface area contributed by atoms with Gasteiger partial charge in [-0.25, -0.2) is 0 Å². The zero-order chi connectivity index (χ0) is 15.3. The van der Waals surface area contributed by atoms with Gasteiger partial charge in [-0.3, -0.25) is 4.90 Å². The Kier molecular flexibility index (Phi) is 6.15. The van der Waals surface area contributed by atoms with Crippen molar-refractivity contribution in [3.63, 3.8) is 0 Å². The number of piperazine rings is 1. The second-order valence-corrected chi connectivity index (χ2v) is 7.96. The first-order chi connectivity index (χ1) is 10.0. The Labute approximate surface area is 134 Å². The number of hydrogen-bond donors (Lipinski definition) is 1. The van der Waals surface area contributed by atoms with E-state index in [1.165, 1.54) is 30.2 Å². The zero-order valence-electron chi connectivity index (χ0n) is 13.9. The van der Waals surface area contributed by atoms with Crippen LogP contribution in [0, 0.1) is 5.92 Å². The SMILES string of the molecule is CCC(C)C1CN(CCSc2ccccc2)C(C)(C)CN1. The van der Waals surface area contributed by atoms with Crippen LogP contribution in [0.5, 0.6) is 0 Å². The fourth-order valence-corrected chi connectivity index (χ4v) is 3.79. The number of thioether (sulfide) groups is 1. The Morgan fingerprint density at radius 2 is 2.05 bits per heavy atom. The van der Waals surface area contributed by atoms with Gasteiger partial charge in [-0.05, 0) is 31.9 Å². The van der Waals surface area contributed by atoms with E-state index < -0.39 is 0 Å². The Hall–Kier alpha value is -0.510. The summed E-state index contributed by atoms with van der Waals surface area (Å²) in [5.41, 5.74) is 0.265.